The fourth-order valence-corrected chi connectivity index (χ4v) is 7.45. The van der Waals surface area contributed by atoms with Crippen molar-refractivity contribution in [1.82, 2.24) is 0 Å². The van der Waals surface area contributed by atoms with Gasteiger partial charge in [-0.3, -0.25) is 14.4 Å². The van der Waals surface area contributed by atoms with Crippen molar-refractivity contribution in [2.75, 3.05) is 6.61 Å². The molecule has 1 saturated heterocycles. The van der Waals surface area contributed by atoms with E-state index in [1.807, 2.05) is 0 Å². The van der Waals surface area contributed by atoms with E-state index in [9.17, 15) is 34.5 Å². The molecule has 248 valence electrons. The number of esters is 4. The van der Waals surface area contributed by atoms with Crippen molar-refractivity contribution in [2.45, 2.75) is 109 Å². The summed E-state index contributed by atoms with van der Waals surface area (Å²) in [7, 11) is 0. The Hall–Kier alpha value is -3.32. The van der Waals surface area contributed by atoms with Gasteiger partial charge in [0.15, 0.2) is 5.60 Å². The SMILES string of the molecule is CC(=O)O[C@H]1C[C@H](C(C)(C)OC(=O)c2ccccc2)[C@@H](O)[C@@H]2[C@]3(OC(C)=O)CO[C@@H]3C[C@H](O)[C@@]2(C)[C@@H](O)[C@H](OC(C)=O)/C=C\1C. The second-order valence-electron chi connectivity index (χ2n) is 13.2. The van der Waals surface area contributed by atoms with E-state index in [0.29, 0.717) is 5.57 Å². The molecule has 2 fully saturated rings. The molecule has 3 aliphatic rings. The number of ether oxygens (including phenoxy) is 5. The highest BCUT2D eigenvalue weighted by atomic mass is 16.6. The number of aliphatic hydroxyl groups is 3. The van der Waals surface area contributed by atoms with E-state index < -0.39 is 89.0 Å². The molecule has 2 aliphatic carbocycles. The Kier molecular flexibility index (Phi) is 9.84. The predicted molar refractivity (Wildman–Crippen MR) is 157 cm³/mol. The van der Waals surface area contributed by atoms with Crippen LogP contribution in [0.15, 0.2) is 42.0 Å². The Bertz CT molecular complexity index is 1320. The van der Waals surface area contributed by atoms with E-state index in [4.69, 9.17) is 23.7 Å². The van der Waals surface area contributed by atoms with Crippen LogP contribution in [-0.4, -0.2) is 93.6 Å². The van der Waals surface area contributed by atoms with E-state index in [-0.39, 0.29) is 25.0 Å². The number of aliphatic hydroxyl groups excluding tert-OH is 3. The van der Waals surface area contributed by atoms with Gasteiger partial charge in [0.1, 0.15) is 30.0 Å². The minimum atomic E-state index is -1.67. The molecular formula is C33H44O12. The summed E-state index contributed by atoms with van der Waals surface area (Å²) in [6.07, 6.45) is -6.42. The molecule has 0 spiro atoms. The first-order chi connectivity index (χ1) is 20.9. The average molecular weight is 633 g/mol. The van der Waals surface area contributed by atoms with E-state index in [1.54, 1.807) is 58.0 Å². The van der Waals surface area contributed by atoms with E-state index in [1.165, 1.54) is 26.8 Å². The maximum atomic E-state index is 13.3. The Morgan fingerprint density at radius 1 is 0.933 bits per heavy atom. The standard InChI is InChI=1S/C33H44O12/c1-17-13-24(43-19(3)35)29(39)32(7)25(37)15-26-33(16-41-26,44-20(4)36)28(32)27(38)22(14-23(17)42-18(2)34)31(5,6)45-30(40)21-11-9-8-10-12-21/h8-13,22-29,37-39H,14-16H2,1-7H3/b17-13-/t22-,23-,24+,25-,26+,27+,28-,29-,32+,33-/m0/s1. The average Bonchev–Trinajstić information content (AvgIpc) is 2.94. The molecule has 1 aromatic rings. The fraction of sp³-hybridized carbons (Fsp3) is 0.636. The van der Waals surface area contributed by atoms with Crippen LogP contribution >= 0.6 is 0 Å². The van der Waals surface area contributed by atoms with Crippen LogP contribution < -0.4 is 0 Å². The van der Waals surface area contributed by atoms with Crippen molar-refractivity contribution in [3.05, 3.63) is 47.5 Å². The third-order valence-electron chi connectivity index (χ3n) is 9.71. The summed E-state index contributed by atoms with van der Waals surface area (Å²) in [6.45, 7) is 9.84. The van der Waals surface area contributed by atoms with Crippen LogP contribution in [-0.2, 0) is 38.1 Å². The highest BCUT2D eigenvalue weighted by Gasteiger charge is 2.72. The molecule has 1 aromatic carbocycles. The number of benzene rings is 1. The van der Waals surface area contributed by atoms with Gasteiger partial charge in [0.2, 0.25) is 0 Å². The van der Waals surface area contributed by atoms with Gasteiger partial charge in [0.25, 0.3) is 0 Å². The zero-order valence-corrected chi connectivity index (χ0v) is 26.7. The molecule has 0 radical (unpaired) electrons. The molecule has 4 rings (SSSR count). The van der Waals surface area contributed by atoms with Crippen LogP contribution in [0.2, 0.25) is 0 Å². The lowest BCUT2D eigenvalue weighted by atomic mass is 9.49. The summed E-state index contributed by atoms with van der Waals surface area (Å²) >= 11 is 0. The van der Waals surface area contributed by atoms with Gasteiger partial charge in [-0.15, -0.1) is 0 Å². The van der Waals surface area contributed by atoms with Gasteiger partial charge in [-0.2, -0.15) is 0 Å². The largest absolute Gasteiger partial charge is 0.458 e. The number of hydrogen-bond acceptors (Lipinski definition) is 12. The van der Waals surface area contributed by atoms with Crippen molar-refractivity contribution >= 4 is 23.9 Å². The Balaban J connectivity index is 1.95. The first-order valence-corrected chi connectivity index (χ1v) is 15.1. The maximum absolute atomic E-state index is 13.3. The Labute approximate surface area is 262 Å². The second-order valence-corrected chi connectivity index (χ2v) is 13.2. The molecule has 0 unspecified atom stereocenters. The van der Waals surface area contributed by atoms with Crippen molar-refractivity contribution in [3.8, 4) is 0 Å². The highest BCUT2D eigenvalue weighted by molar-refractivity contribution is 5.89. The van der Waals surface area contributed by atoms with E-state index >= 15 is 0 Å². The first kappa shape index (κ1) is 34.6. The van der Waals surface area contributed by atoms with Gasteiger partial charge < -0.3 is 39.0 Å². The van der Waals surface area contributed by atoms with Crippen LogP contribution in [0.5, 0.6) is 0 Å². The maximum Gasteiger partial charge on any atom is 0.338 e. The third-order valence-corrected chi connectivity index (χ3v) is 9.71. The lowest BCUT2D eigenvalue weighted by Gasteiger charge is -2.65. The smallest absolute Gasteiger partial charge is 0.338 e. The molecule has 10 atom stereocenters. The van der Waals surface area contributed by atoms with Crippen LogP contribution in [0.25, 0.3) is 0 Å². The van der Waals surface area contributed by atoms with Gasteiger partial charge >= 0.3 is 23.9 Å². The van der Waals surface area contributed by atoms with E-state index in [0.717, 1.165) is 0 Å². The number of hydrogen-bond donors (Lipinski definition) is 3. The second kappa shape index (κ2) is 12.8. The lowest BCUT2D eigenvalue weighted by Crippen LogP contribution is -2.79. The lowest BCUT2D eigenvalue weighted by molar-refractivity contribution is -0.352. The van der Waals surface area contributed by atoms with Gasteiger partial charge in [-0.05, 0) is 51.0 Å². The molecule has 45 heavy (non-hydrogen) atoms. The molecule has 0 amide bonds. The van der Waals surface area contributed by atoms with Crippen molar-refractivity contribution in [2.24, 2.45) is 17.3 Å². The fourth-order valence-electron chi connectivity index (χ4n) is 7.45. The molecule has 1 saturated carbocycles. The minimum absolute atomic E-state index is 0.0489. The number of fused-ring (bicyclic) bond motifs is 3. The van der Waals surface area contributed by atoms with Gasteiger partial charge in [-0.1, -0.05) is 25.1 Å². The topological polar surface area (TPSA) is 175 Å². The van der Waals surface area contributed by atoms with E-state index in [2.05, 4.69) is 0 Å². The van der Waals surface area contributed by atoms with Crippen LogP contribution in [0.4, 0.5) is 0 Å². The zero-order valence-electron chi connectivity index (χ0n) is 26.7. The minimum Gasteiger partial charge on any atom is -0.458 e. The summed E-state index contributed by atoms with van der Waals surface area (Å²) in [5.74, 6) is -4.96. The first-order valence-electron chi connectivity index (χ1n) is 15.1. The van der Waals surface area contributed by atoms with Gasteiger partial charge in [-0.25, -0.2) is 4.79 Å². The molecule has 1 aliphatic heterocycles. The number of rotatable bonds is 6. The molecule has 0 aromatic heterocycles. The van der Waals surface area contributed by atoms with Crippen LogP contribution in [0, 0.1) is 17.3 Å². The summed E-state index contributed by atoms with van der Waals surface area (Å²) in [5.41, 5.74) is -3.96. The van der Waals surface area contributed by atoms with Crippen molar-refractivity contribution < 1.29 is 58.2 Å². The number of carbonyl (C=O) groups is 4. The molecule has 12 nitrogen and oxygen atoms in total. The molecule has 3 N–H and O–H groups in total. The zero-order chi connectivity index (χ0) is 33.5. The van der Waals surface area contributed by atoms with Gasteiger partial charge in [0, 0.05) is 44.4 Å². The molecular weight excluding hydrogens is 588 g/mol. The summed E-state index contributed by atoms with van der Waals surface area (Å²) < 4.78 is 28.9. The molecule has 0 bridgehead atoms. The molecule has 12 heteroatoms. The predicted octanol–water partition coefficient (Wildman–Crippen LogP) is 2.26. The highest BCUT2D eigenvalue weighted by Crippen LogP contribution is 2.59. The van der Waals surface area contributed by atoms with Gasteiger partial charge in [0.05, 0.1) is 24.4 Å². The van der Waals surface area contributed by atoms with Crippen molar-refractivity contribution in [1.29, 1.82) is 0 Å². The third kappa shape index (κ3) is 6.51. The quantitative estimate of drug-likeness (QED) is 0.237. The van der Waals surface area contributed by atoms with Crippen LogP contribution in [0.3, 0.4) is 0 Å². The Morgan fingerprint density at radius 3 is 2.09 bits per heavy atom. The monoisotopic (exact) mass is 632 g/mol. The summed E-state index contributed by atoms with van der Waals surface area (Å²) in [5, 5.41) is 36.3. The summed E-state index contributed by atoms with van der Waals surface area (Å²) in [4.78, 5) is 50.4. The van der Waals surface area contributed by atoms with Crippen molar-refractivity contribution in [3.63, 3.8) is 0 Å². The molecule has 1 heterocycles. The van der Waals surface area contributed by atoms with Crippen LogP contribution in [0.1, 0.15) is 71.7 Å². The summed E-state index contributed by atoms with van der Waals surface area (Å²) in [6, 6.07) is 8.29. The number of carbonyl (C=O) groups excluding carboxylic acids is 4. The normalized spacial score (nSPS) is 37.7. The Morgan fingerprint density at radius 2 is 1.56 bits per heavy atom.